The van der Waals surface area contributed by atoms with Crippen molar-refractivity contribution in [1.29, 1.82) is 0 Å². The molecule has 0 aliphatic rings. The summed E-state index contributed by atoms with van der Waals surface area (Å²) in [6.45, 7) is 5.55. The number of hydrogen-bond acceptors (Lipinski definition) is 7. The van der Waals surface area contributed by atoms with Crippen LogP contribution in [0.25, 0.3) is 11.3 Å². The predicted molar refractivity (Wildman–Crippen MR) is 94.5 cm³/mol. The van der Waals surface area contributed by atoms with Crippen molar-refractivity contribution in [3.63, 3.8) is 0 Å². The zero-order valence-electron chi connectivity index (χ0n) is 15.1. The van der Waals surface area contributed by atoms with Crippen LogP contribution in [0.5, 0.6) is 5.75 Å². The van der Waals surface area contributed by atoms with Gasteiger partial charge in [0, 0.05) is 17.7 Å². The summed E-state index contributed by atoms with van der Waals surface area (Å²) in [6, 6.07) is 5.73. The van der Waals surface area contributed by atoms with Gasteiger partial charge in [-0.15, -0.1) is 0 Å². The van der Waals surface area contributed by atoms with Crippen molar-refractivity contribution in [3.05, 3.63) is 30.0 Å². The number of carbonyl (C=O) groups is 1. The molecule has 1 N–H and O–H groups in total. The monoisotopic (exact) mass is 382 g/mol. The van der Waals surface area contributed by atoms with Crippen LogP contribution in [-0.4, -0.2) is 39.3 Å². The lowest BCUT2D eigenvalue weighted by atomic mass is 10.1. The third kappa shape index (κ3) is 4.41. The van der Waals surface area contributed by atoms with Gasteiger partial charge < -0.3 is 14.0 Å². The summed E-state index contributed by atoms with van der Waals surface area (Å²) >= 11 is 0. The third-order valence-electron chi connectivity index (χ3n) is 3.70. The highest BCUT2D eigenvalue weighted by Crippen LogP contribution is 2.30. The van der Waals surface area contributed by atoms with E-state index in [1.807, 2.05) is 6.92 Å². The molecular weight excluding hydrogens is 360 g/mol. The van der Waals surface area contributed by atoms with Crippen LogP contribution in [0.15, 0.2) is 33.7 Å². The van der Waals surface area contributed by atoms with Crippen LogP contribution in [0.4, 0.5) is 0 Å². The summed E-state index contributed by atoms with van der Waals surface area (Å²) in [6.07, 6.45) is 0.645. The minimum absolute atomic E-state index is 0.0137. The third-order valence-corrected chi connectivity index (χ3v) is 5.31. The van der Waals surface area contributed by atoms with E-state index in [2.05, 4.69) is 9.88 Å². The molecule has 1 atom stereocenters. The zero-order valence-corrected chi connectivity index (χ0v) is 15.9. The van der Waals surface area contributed by atoms with Gasteiger partial charge >= 0.3 is 5.97 Å². The molecule has 0 aliphatic carbocycles. The molecule has 0 radical (unpaired) electrons. The number of methoxy groups -OCH3 is 1. The Morgan fingerprint density at radius 3 is 2.65 bits per heavy atom. The van der Waals surface area contributed by atoms with E-state index < -0.39 is 16.0 Å². The van der Waals surface area contributed by atoms with Crippen LogP contribution in [-0.2, 0) is 14.8 Å². The highest BCUT2D eigenvalue weighted by molar-refractivity contribution is 7.89. The molecule has 0 saturated heterocycles. The maximum atomic E-state index is 12.7. The van der Waals surface area contributed by atoms with Crippen LogP contribution in [0, 0.1) is 0 Å². The van der Waals surface area contributed by atoms with Crippen molar-refractivity contribution in [3.8, 4) is 17.1 Å². The summed E-state index contributed by atoms with van der Waals surface area (Å²) < 4.78 is 43.1. The molecule has 26 heavy (non-hydrogen) atoms. The first-order valence-electron chi connectivity index (χ1n) is 8.17. The number of rotatable bonds is 8. The normalized spacial score (nSPS) is 12.6. The lowest BCUT2D eigenvalue weighted by Crippen LogP contribution is -2.32. The van der Waals surface area contributed by atoms with Crippen LogP contribution in [0.1, 0.15) is 37.7 Å². The zero-order chi connectivity index (χ0) is 19.3. The highest BCUT2D eigenvalue weighted by atomic mass is 32.2. The molecule has 0 spiro atoms. The molecule has 2 rings (SSSR count). The number of hydrogen-bond donors (Lipinski definition) is 1. The van der Waals surface area contributed by atoms with Gasteiger partial charge in [0.05, 0.1) is 13.7 Å². The molecule has 9 heteroatoms. The van der Waals surface area contributed by atoms with Crippen LogP contribution in [0.3, 0.4) is 0 Å². The molecule has 142 valence electrons. The molecule has 8 nitrogen and oxygen atoms in total. The number of benzene rings is 1. The molecule has 1 unspecified atom stereocenters. The molecule has 0 aliphatic heterocycles. The maximum Gasteiger partial charge on any atom is 0.360 e. The first-order valence-corrected chi connectivity index (χ1v) is 9.65. The summed E-state index contributed by atoms with van der Waals surface area (Å²) in [5.74, 6) is -0.160. The average molecular weight is 382 g/mol. The van der Waals surface area contributed by atoms with Crippen molar-refractivity contribution < 1.29 is 27.2 Å². The van der Waals surface area contributed by atoms with E-state index in [4.69, 9.17) is 14.0 Å². The fraction of sp³-hybridized carbons (Fsp3) is 0.412. The first-order chi connectivity index (χ1) is 12.3. The molecule has 0 saturated carbocycles. The Morgan fingerprint density at radius 1 is 1.31 bits per heavy atom. The molecule has 0 fully saturated rings. The van der Waals surface area contributed by atoms with Crippen LogP contribution < -0.4 is 9.46 Å². The lowest BCUT2D eigenvalue weighted by molar-refractivity contribution is 0.0514. The number of nitrogens with zero attached hydrogens (tertiary/aromatic N) is 1. The molecule has 2 aromatic rings. The van der Waals surface area contributed by atoms with Crippen molar-refractivity contribution in [2.24, 2.45) is 0 Å². The quantitative estimate of drug-likeness (QED) is 0.699. The van der Waals surface area contributed by atoms with Gasteiger partial charge in [-0.1, -0.05) is 12.1 Å². The summed E-state index contributed by atoms with van der Waals surface area (Å²) in [7, 11) is -2.40. The summed E-state index contributed by atoms with van der Waals surface area (Å²) in [5, 5.41) is 3.66. The van der Waals surface area contributed by atoms with Gasteiger partial charge in [-0.25, -0.2) is 17.9 Å². The SMILES string of the molecule is CCOC(=O)c1cc(-c2ccc(OC)c(S(=O)(=O)NC(C)CC)c2)on1. The Kier molecular flexibility index (Phi) is 6.38. The van der Waals surface area contributed by atoms with Gasteiger partial charge in [0.25, 0.3) is 0 Å². The van der Waals surface area contributed by atoms with Gasteiger partial charge in [-0.3, -0.25) is 0 Å². The largest absolute Gasteiger partial charge is 0.495 e. The van der Waals surface area contributed by atoms with Gasteiger partial charge in [-0.05, 0) is 38.5 Å². The average Bonchev–Trinajstić information content (AvgIpc) is 3.11. The minimum atomic E-state index is -3.79. The molecule has 0 bridgehead atoms. The van der Waals surface area contributed by atoms with E-state index in [0.29, 0.717) is 12.0 Å². The van der Waals surface area contributed by atoms with Crippen molar-refractivity contribution >= 4 is 16.0 Å². The number of sulfonamides is 1. The fourth-order valence-electron chi connectivity index (χ4n) is 2.16. The molecule has 1 aromatic heterocycles. The van der Waals surface area contributed by atoms with E-state index in [-0.39, 0.29) is 34.7 Å². The Balaban J connectivity index is 2.42. The molecular formula is C17H22N2O6S. The molecule has 0 amide bonds. The van der Waals surface area contributed by atoms with Crippen LogP contribution in [0.2, 0.25) is 0 Å². The number of nitrogens with one attached hydrogen (secondary N) is 1. The first kappa shape index (κ1) is 19.9. The predicted octanol–water partition coefficient (Wildman–Crippen LogP) is 2.60. The molecule has 1 aromatic carbocycles. The minimum Gasteiger partial charge on any atom is -0.495 e. The van der Waals surface area contributed by atoms with Crippen molar-refractivity contribution in [1.82, 2.24) is 9.88 Å². The number of ether oxygens (including phenoxy) is 2. The Morgan fingerprint density at radius 2 is 2.04 bits per heavy atom. The second-order valence-corrected chi connectivity index (χ2v) is 7.28. The van der Waals surface area contributed by atoms with Gasteiger partial charge in [0.2, 0.25) is 10.0 Å². The Bertz CT molecular complexity index is 875. The lowest BCUT2D eigenvalue weighted by Gasteiger charge is -2.15. The van der Waals surface area contributed by atoms with E-state index in [1.54, 1.807) is 19.9 Å². The van der Waals surface area contributed by atoms with E-state index in [0.717, 1.165) is 0 Å². The number of esters is 1. The smallest absolute Gasteiger partial charge is 0.360 e. The van der Waals surface area contributed by atoms with E-state index in [9.17, 15) is 13.2 Å². The van der Waals surface area contributed by atoms with Gasteiger partial charge in [-0.2, -0.15) is 0 Å². The van der Waals surface area contributed by atoms with Crippen molar-refractivity contribution in [2.75, 3.05) is 13.7 Å². The summed E-state index contributed by atoms with van der Waals surface area (Å²) in [5.41, 5.74) is 0.457. The topological polar surface area (TPSA) is 108 Å². The van der Waals surface area contributed by atoms with E-state index >= 15 is 0 Å². The number of aromatic nitrogens is 1. The highest BCUT2D eigenvalue weighted by Gasteiger charge is 2.23. The van der Waals surface area contributed by atoms with E-state index in [1.165, 1.54) is 25.3 Å². The molecule has 1 heterocycles. The van der Waals surface area contributed by atoms with Gasteiger partial charge in [0.1, 0.15) is 10.6 Å². The Hall–Kier alpha value is -2.39. The summed E-state index contributed by atoms with van der Waals surface area (Å²) in [4.78, 5) is 11.7. The fourth-order valence-corrected chi connectivity index (χ4v) is 3.69. The maximum absolute atomic E-state index is 12.7. The van der Waals surface area contributed by atoms with Crippen molar-refractivity contribution in [2.45, 2.75) is 38.1 Å². The van der Waals surface area contributed by atoms with Gasteiger partial charge in [0.15, 0.2) is 11.5 Å². The Labute approximate surface area is 152 Å². The second-order valence-electron chi connectivity index (χ2n) is 5.59. The standard InChI is InChI=1S/C17H22N2O6S/c1-5-11(3)19-26(21,22)16-9-12(7-8-14(16)23-4)15-10-13(18-25-15)17(20)24-6-2/h7-11,19H,5-6H2,1-4H3. The number of carbonyl (C=O) groups excluding carboxylic acids is 1. The van der Waals surface area contributed by atoms with Crippen LogP contribution >= 0.6 is 0 Å². The second kappa shape index (κ2) is 8.33.